The molecular formula is C24H36O5. The summed E-state index contributed by atoms with van der Waals surface area (Å²) < 4.78 is 16.9. The molecule has 1 saturated heterocycles. The van der Waals surface area contributed by atoms with Gasteiger partial charge >= 0.3 is 11.9 Å². The van der Waals surface area contributed by atoms with Gasteiger partial charge in [-0.05, 0) is 70.9 Å². The second-order valence-electron chi connectivity index (χ2n) is 8.72. The maximum absolute atomic E-state index is 11.8. The zero-order valence-corrected chi connectivity index (χ0v) is 18.6. The predicted molar refractivity (Wildman–Crippen MR) is 113 cm³/mol. The highest BCUT2D eigenvalue weighted by atomic mass is 16.6. The van der Waals surface area contributed by atoms with Crippen LogP contribution in [0.15, 0.2) is 35.5 Å². The van der Waals surface area contributed by atoms with Crippen molar-refractivity contribution in [2.24, 2.45) is 5.92 Å². The van der Waals surface area contributed by atoms with Gasteiger partial charge in [0.1, 0.15) is 12.7 Å². The molecule has 0 amide bonds. The van der Waals surface area contributed by atoms with E-state index in [4.69, 9.17) is 14.2 Å². The van der Waals surface area contributed by atoms with E-state index < -0.39 is 6.10 Å². The van der Waals surface area contributed by atoms with Gasteiger partial charge in [0.15, 0.2) is 0 Å². The van der Waals surface area contributed by atoms with E-state index in [0.717, 1.165) is 49.7 Å². The van der Waals surface area contributed by atoms with Gasteiger partial charge in [-0.15, -0.1) is 0 Å². The SMILES string of the molecule is C=C(C)C1CCC(C)=CCCC2(C)OC2CCC(COC(C)=O)=CC1OC(C)=O. The number of hydrogen-bond donors (Lipinski definition) is 0. The van der Waals surface area contributed by atoms with Crippen molar-refractivity contribution in [1.29, 1.82) is 0 Å². The molecule has 0 radical (unpaired) electrons. The molecule has 5 nitrogen and oxygen atoms in total. The first-order valence-electron chi connectivity index (χ1n) is 10.6. The van der Waals surface area contributed by atoms with Crippen molar-refractivity contribution in [1.82, 2.24) is 0 Å². The predicted octanol–water partition coefficient (Wildman–Crippen LogP) is 5.06. The minimum atomic E-state index is -0.419. The van der Waals surface area contributed by atoms with Crippen molar-refractivity contribution in [3.8, 4) is 0 Å². The van der Waals surface area contributed by atoms with Crippen molar-refractivity contribution >= 4 is 11.9 Å². The Hall–Kier alpha value is -1.88. The summed E-state index contributed by atoms with van der Waals surface area (Å²) in [6.07, 6.45) is 9.44. The molecule has 162 valence electrons. The molecule has 0 bridgehead atoms. The Bertz CT molecular complexity index is 689. The van der Waals surface area contributed by atoms with E-state index in [-0.39, 0.29) is 36.2 Å². The van der Waals surface area contributed by atoms with E-state index >= 15 is 0 Å². The summed E-state index contributed by atoms with van der Waals surface area (Å²) in [5.74, 6) is -0.630. The number of epoxide rings is 1. The van der Waals surface area contributed by atoms with E-state index in [1.165, 1.54) is 19.4 Å². The van der Waals surface area contributed by atoms with Gasteiger partial charge in [-0.3, -0.25) is 9.59 Å². The molecule has 0 spiro atoms. The van der Waals surface area contributed by atoms with E-state index in [0.29, 0.717) is 0 Å². The fraction of sp³-hybridized carbons (Fsp3) is 0.667. The molecule has 0 aromatic heterocycles. The second kappa shape index (κ2) is 10.2. The largest absolute Gasteiger partial charge is 0.461 e. The molecule has 2 aliphatic rings. The molecule has 2 rings (SSSR count). The molecule has 1 aliphatic heterocycles. The first kappa shape index (κ1) is 23.4. The molecule has 5 heteroatoms. The first-order valence-corrected chi connectivity index (χ1v) is 10.6. The first-order chi connectivity index (χ1) is 13.6. The van der Waals surface area contributed by atoms with Crippen LogP contribution in [0.3, 0.4) is 0 Å². The highest BCUT2D eigenvalue weighted by Gasteiger charge is 2.50. The number of carbonyl (C=O) groups is 2. The minimum absolute atomic E-state index is 0.0139. The van der Waals surface area contributed by atoms with Crippen LogP contribution in [0.5, 0.6) is 0 Å². The third-order valence-electron chi connectivity index (χ3n) is 5.94. The Morgan fingerprint density at radius 2 is 1.93 bits per heavy atom. The van der Waals surface area contributed by atoms with E-state index in [2.05, 4.69) is 26.5 Å². The van der Waals surface area contributed by atoms with Gasteiger partial charge in [0, 0.05) is 19.8 Å². The second-order valence-corrected chi connectivity index (χ2v) is 8.72. The number of fused-ring (bicyclic) bond motifs is 1. The van der Waals surface area contributed by atoms with Crippen LogP contribution in [0.25, 0.3) is 0 Å². The summed E-state index contributed by atoms with van der Waals surface area (Å²) in [6.45, 7) is 13.5. The number of allylic oxidation sites excluding steroid dienone is 2. The van der Waals surface area contributed by atoms with Crippen molar-refractivity contribution in [2.75, 3.05) is 6.61 Å². The summed E-state index contributed by atoms with van der Waals surface area (Å²) in [7, 11) is 0. The Labute approximate surface area is 175 Å². The summed E-state index contributed by atoms with van der Waals surface area (Å²) in [5, 5.41) is 0. The quantitative estimate of drug-likeness (QED) is 0.372. The number of carbonyl (C=O) groups excluding carboxylic acids is 2. The van der Waals surface area contributed by atoms with Crippen LogP contribution in [0.1, 0.15) is 73.1 Å². The van der Waals surface area contributed by atoms with E-state index in [9.17, 15) is 9.59 Å². The maximum atomic E-state index is 11.8. The molecule has 4 atom stereocenters. The number of rotatable bonds is 4. The molecular weight excluding hydrogens is 368 g/mol. The number of esters is 2. The molecule has 0 aromatic rings. The molecule has 1 fully saturated rings. The minimum Gasteiger partial charge on any atom is -0.461 e. The van der Waals surface area contributed by atoms with Gasteiger partial charge < -0.3 is 14.2 Å². The number of ether oxygens (including phenoxy) is 3. The number of hydrogen-bond acceptors (Lipinski definition) is 5. The topological polar surface area (TPSA) is 65.1 Å². The zero-order valence-electron chi connectivity index (χ0n) is 18.6. The van der Waals surface area contributed by atoms with Gasteiger partial charge in [-0.1, -0.05) is 23.8 Å². The van der Waals surface area contributed by atoms with Crippen molar-refractivity contribution in [3.05, 3.63) is 35.5 Å². The van der Waals surface area contributed by atoms with Crippen LogP contribution in [-0.2, 0) is 23.8 Å². The molecule has 1 heterocycles. The van der Waals surface area contributed by atoms with Crippen LogP contribution in [-0.4, -0.2) is 36.4 Å². The monoisotopic (exact) mass is 404 g/mol. The van der Waals surface area contributed by atoms with Gasteiger partial charge in [0.25, 0.3) is 0 Å². The van der Waals surface area contributed by atoms with Gasteiger partial charge in [0.2, 0.25) is 0 Å². The fourth-order valence-electron chi connectivity index (χ4n) is 4.03. The lowest BCUT2D eigenvalue weighted by molar-refractivity contribution is -0.146. The summed E-state index contributed by atoms with van der Waals surface area (Å²) in [6, 6.07) is 0. The molecule has 29 heavy (non-hydrogen) atoms. The maximum Gasteiger partial charge on any atom is 0.303 e. The van der Waals surface area contributed by atoms with Gasteiger partial charge in [0.05, 0.1) is 11.7 Å². The van der Waals surface area contributed by atoms with Crippen LogP contribution in [0, 0.1) is 5.92 Å². The van der Waals surface area contributed by atoms with Crippen LogP contribution in [0.2, 0.25) is 0 Å². The van der Waals surface area contributed by atoms with Crippen LogP contribution in [0.4, 0.5) is 0 Å². The van der Waals surface area contributed by atoms with Gasteiger partial charge in [-0.2, -0.15) is 0 Å². The smallest absolute Gasteiger partial charge is 0.303 e. The third kappa shape index (κ3) is 7.46. The molecule has 1 aliphatic carbocycles. The van der Waals surface area contributed by atoms with E-state index in [1.807, 2.05) is 13.0 Å². The standard InChI is InChI=1S/C24H36O5/c1-16(2)21-11-9-17(3)8-7-13-24(6)23(29-24)12-10-20(15-27-18(4)25)14-22(21)28-19(5)26/h8,14,21-23H,1,7,9-13,15H2,2-6H3. The Morgan fingerprint density at radius 3 is 2.55 bits per heavy atom. The summed E-state index contributed by atoms with van der Waals surface area (Å²) in [4.78, 5) is 23.2. The summed E-state index contributed by atoms with van der Waals surface area (Å²) >= 11 is 0. The highest BCUT2D eigenvalue weighted by Crippen LogP contribution is 2.44. The average molecular weight is 405 g/mol. The van der Waals surface area contributed by atoms with Crippen LogP contribution < -0.4 is 0 Å². The Kier molecular flexibility index (Phi) is 8.26. The fourth-order valence-corrected chi connectivity index (χ4v) is 4.03. The third-order valence-corrected chi connectivity index (χ3v) is 5.94. The lowest BCUT2D eigenvalue weighted by Crippen LogP contribution is -2.26. The van der Waals surface area contributed by atoms with Crippen molar-refractivity contribution in [3.63, 3.8) is 0 Å². The zero-order chi connectivity index (χ0) is 21.6. The normalized spacial score (nSPS) is 30.7. The molecule has 0 saturated carbocycles. The van der Waals surface area contributed by atoms with Crippen LogP contribution >= 0.6 is 0 Å². The lowest BCUT2D eigenvalue weighted by Gasteiger charge is -2.26. The van der Waals surface area contributed by atoms with Gasteiger partial charge in [-0.25, -0.2) is 0 Å². The molecule has 0 aromatic carbocycles. The van der Waals surface area contributed by atoms with Crippen molar-refractivity contribution in [2.45, 2.75) is 91.0 Å². The van der Waals surface area contributed by atoms with E-state index in [1.54, 1.807) is 0 Å². The summed E-state index contributed by atoms with van der Waals surface area (Å²) in [5.41, 5.74) is 3.21. The Morgan fingerprint density at radius 1 is 1.21 bits per heavy atom. The van der Waals surface area contributed by atoms with Crippen molar-refractivity contribution < 1.29 is 23.8 Å². The Balaban J connectivity index is 2.31. The highest BCUT2D eigenvalue weighted by molar-refractivity contribution is 5.66. The average Bonchev–Trinajstić information content (AvgIpc) is 3.25. The molecule has 4 unspecified atom stereocenters. The molecule has 0 N–H and O–H groups in total. The lowest BCUT2D eigenvalue weighted by atomic mass is 9.86.